The van der Waals surface area contributed by atoms with Gasteiger partial charge in [0.05, 0.1) is 0 Å². The zero-order valence-corrected chi connectivity index (χ0v) is 11.5. The Balaban J connectivity index is 3.63. The summed E-state index contributed by atoms with van der Waals surface area (Å²) in [7, 11) is 8.04. The Bertz CT molecular complexity index is 181. The molecule has 0 aliphatic rings. The normalized spacial score (nSPS) is 10.1. The summed E-state index contributed by atoms with van der Waals surface area (Å²) in [6, 6.07) is 0. The highest BCUT2D eigenvalue weighted by Gasteiger charge is 2.02. The van der Waals surface area contributed by atoms with E-state index in [0.717, 1.165) is 38.6 Å². The molecule has 0 aliphatic carbocycles. The van der Waals surface area contributed by atoms with Crippen molar-refractivity contribution in [2.45, 2.75) is 26.2 Å². The van der Waals surface area contributed by atoms with Crippen LogP contribution in [-0.2, 0) is 4.74 Å². The van der Waals surface area contributed by atoms with Gasteiger partial charge in [-0.1, -0.05) is 13.3 Å². The maximum absolute atomic E-state index is 5.48. The fourth-order valence-electron chi connectivity index (χ4n) is 1.38. The van der Waals surface area contributed by atoms with Crippen LogP contribution in [-0.4, -0.2) is 63.7 Å². The molecule has 0 bridgehead atoms. The van der Waals surface area contributed by atoms with Gasteiger partial charge in [-0.25, -0.2) is 0 Å². The smallest absolute Gasteiger partial charge is 0.195 e. The van der Waals surface area contributed by atoms with Crippen LogP contribution < -0.4 is 0 Å². The molecule has 4 nitrogen and oxygen atoms in total. The van der Waals surface area contributed by atoms with Crippen LogP contribution in [0.5, 0.6) is 0 Å². The number of hydrogen-bond acceptors (Lipinski definition) is 2. The van der Waals surface area contributed by atoms with Gasteiger partial charge in [0.2, 0.25) is 0 Å². The predicted octanol–water partition coefficient (Wildman–Crippen LogP) is 1.67. The van der Waals surface area contributed by atoms with E-state index in [-0.39, 0.29) is 0 Å². The number of unbranched alkanes of at least 4 members (excludes halogenated alkanes) is 1. The number of nitrogens with zero attached hydrogens (tertiary/aromatic N) is 3. The first-order valence-corrected chi connectivity index (χ1v) is 6.06. The highest BCUT2D eigenvalue weighted by Crippen LogP contribution is 1.93. The molecule has 0 rings (SSSR count). The molecule has 0 fully saturated rings. The third-order valence-electron chi connectivity index (χ3n) is 2.14. The minimum Gasteiger partial charge on any atom is -0.381 e. The van der Waals surface area contributed by atoms with E-state index in [9.17, 15) is 0 Å². The summed E-state index contributed by atoms with van der Waals surface area (Å²) in [6.07, 6.45) is 3.35. The molecule has 96 valence electrons. The molecule has 0 heterocycles. The maximum atomic E-state index is 5.48. The van der Waals surface area contributed by atoms with Gasteiger partial charge in [-0.15, -0.1) is 0 Å². The van der Waals surface area contributed by atoms with Crippen molar-refractivity contribution in [1.29, 1.82) is 0 Å². The average Bonchev–Trinajstić information content (AvgIpc) is 2.21. The van der Waals surface area contributed by atoms with E-state index in [1.807, 2.05) is 38.0 Å². The third kappa shape index (κ3) is 7.51. The molecule has 16 heavy (non-hydrogen) atoms. The standard InChI is InChI=1S/C12H27N3O/c1-6-7-10-16-11-8-9-13-12(14(2)3)15(4)5/h6-11H2,1-5H3. The van der Waals surface area contributed by atoms with Crippen molar-refractivity contribution < 1.29 is 4.74 Å². The van der Waals surface area contributed by atoms with E-state index < -0.39 is 0 Å². The lowest BCUT2D eigenvalue weighted by Gasteiger charge is -2.22. The second kappa shape index (κ2) is 9.46. The molecule has 0 atom stereocenters. The highest BCUT2D eigenvalue weighted by atomic mass is 16.5. The van der Waals surface area contributed by atoms with E-state index in [1.54, 1.807) is 0 Å². The average molecular weight is 229 g/mol. The molecule has 0 radical (unpaired) electrons. The van der Waals surface area contributed by atoms with E-state index >= 15 is 0 Å². The minimum atomic E-state index is 0.817. The van der Waals surface area contributed by atoms with Gasteiger partial charge < -0.3 is 14.5 Å². The molecule has 0 saturated heterocycles. The summed E-state index contributed by atoms with van der Waals surface area (Å²) in [5.74, 6) is 1.01. The summed E-state index contributed by atoms with van der Waals surface area (Å²) in [6.45, 7) is 4.71. The summed E-state index contributed by atoms with van der Waals surface area (Å²) >= 11 is 0. The van der Waals surface area contributed by atoms with E-state index in [0.29, 0.717) is 0 Å². The number of aliphatic imine (C=N–C) groups is 1. The van der Waals surface area contributed by atoms with Gasteiger partial charge in [0.1, 0.15) is 0 Å². The van der Waals surface area contributed by atoms with Crippen LogP contribution in [0.3, 0.4) is 0 Å². The number of guanidine groups is 1. The second-order valence-electron chi connectivity index (χ2n) is 4.29. The maximum Gasteiger partial charge on any atom is 0.195 e. The third-order valence-corrected chi connectivity index (χ3v) is 2.14. The Morgan fingerprint density at radius 2 is 1.56 bits per heavy atom. The predicted molar refractivity (Wildman–Crippen MR) is 70.0 cm³/mol. The van der Waals surface area contributed by atoms with Gasteiger partial charge in [-0.2, -0.15) is 0 Å². The lowest BCUT2D eigenvalue weighted by atomic mass is 10.4. The second-order valence-corrected chi connectivity index (χ2v) is 4.29. The lowest BCUT2D eigenvalue weighted by molar-refractivity contribution is 0.130. The van der Waals surface area contributed by atoms with Gasteiger partial charge in [-0.05, 0) is 12.8 Å². The molecule has 4 heteroatoms. The fourth-order valence-corrected chi connectivity index (χ4v) is 1.38. The topological polar surface area (TPSA) is 28.1 Å². The van der Waals surface area contributed by atoms with Crippen molar-refractivity contribution in [2.24, 2.45) is 4.99 Å². The van der Waals surface area contributed by atoms with Crippen molar-refractivity contribution in [1.82, 2.24) is 9.80 Å². The van der Waals surface area contributed by atoms with Crippen molar-refractivity contribution >= 4 is 5.96 Å². The van der Waals surface area contributed by atoms with Crippen molar-refractivity contribution in [2.75, 3.05) is 47.9 Å². The number of ether oxygens (including phenoxy) is 1. The van der Waals surface area contributed by atoms with Gasteiger partial charge in [0, 0.05) is 47.9 Å². The Morgan fingerprint density at radius 3 is 2.06 bits per heavy atom. The van der Waals surface area contributed by atoms with Crippen LogP contribution in [0.15, 0.2) is 4.99 Å². The lowest BCUT2D eigenvalue weighted by Crippen LogP contribution is -2.35. The van der Waals surface area contributed by atoms with Crippen LogP contribution in [0.4, 0.5) is 0 Å². The molecule has 0 aromatic heterocycles. The number of hydrogen-bond donors (Lipinski definition) is 0. The summed E-state index contributed by atoms with van der Waals surface area (Å²) < 4.78 is 5.48. The van der Waals surface area contributed by atoms with Gasteiger partial charge in [-0.3, -0.25) is 4.99 Å². The monoisotopic (exact) mass is 229 g/mol. The molecule has 0 spiro atoms. The van der Waals surface area contributed by atoms with Gasteiger partial charge in [0.25, 0.3) is 0 Å². The minimum absolute atomic E-state index is 0.817. The van der Waals surface area contributed by atoms with E-state index in [1.165, 1.54) is 6.42 Å². The summed E-state index contributed by atoms with van der Waals surface area (Å²) in [4.78, 5) is 8.58. The molecule has 0 aromatic carbocycles. The van der Waals surface area contributed by atoms with Crippen LogP contribution in [0.2, 0.25) is 0 Å². The molecule has 0 amide bonds. The first-order chi connectivity index (χ1) is 7.59. The Labute approximate surface area is 100 Å². The first kappa shape index (κ1) is 15.2. The van der Waals surface area contributed by atoms with Crippen LogP contribution >= 0.6 is 0 Å². The Morgan fingerprint density at radius 1 is 1.00 bits per heavy atom. The SMILES string of the molecule is CCCCOCCCN=C(N(C)C)N(C)C. The van der Waals surface area contributed by atoms with Gasteiger partial charge >= 0.3 is 0 Å². The van der Waals surface area contributed by atoms with Crippen molar-refractivity contribution in [3.63, 3.8) is 0 Å². The zero-order valence-electron chi connectivity index (χ0n) is 11.5. The zero-order chi connectivity index (χ0) is 12.4. The summed E-state index contributed by atoms with van der Waals surface area (Å²) in [5, 5.41) is 0. The first-order valence-electron chi connectivity index (χ1n) is 6.06. The Hall–Kier alpha value is -0.770. The molecular formula is C12H27N3O. The van der Waals surface area contributed by atoms with Crippen molar-refractivity contribution in [3.05, 3.63) is 0 Å². The molecule has 0 aliphatic heterocycles. The molecule has 0 aromatic rings. The van der Waals surface area contributed by atoms with Crippen molar-refractivity contribution in [3.8, 4) is 0 Å². The highest BCUT2D eigenvalue weighted by molar-refractivity contribution is 5.79. The van der Waals surface area contributed by atoms with Crippen LogP contribution in [0, 0.1) is 0 Å². The molecule has 0 N–H and O–H groups in total. The van der Waals surface area contributed by atoms with Gasteiger partial charge in [0.15, 0.2) is 5.96 Å². The number of rotatable bonds is 7. The molecule has 0 unspecified atom stereocenters. The van der Waals surface area contributed by atoms with E-state index in [2.05, 4.69) is 11.9 Å². The quantitative estimate of drug-likeness (QED) is 0.378. The van der Waals surface area contributed by atoms with Crippen LogP contribution in [0.25, 0.3) is 0 Å². The van der Waals surface area contributed by atoms with E-state index in [4.69, 9.17) is 4.74 Å². The summed E-state index contributed by atoms with van der Waals surface area (Å²) in [5.41, 5.74) is 0. The molecule has 0 saturated carbocycles. The molecular weight excluding hydrogens is 202 g/mol. The Kier molecular flexibility index (Phi) is 9.00. The van der Waals surface area contributed by atoms with Crippen LogP contribution in [0.1, 0.15) is 26.2 Å². The fraction of sp³-hybridized carbons (Fsp3) is 0.917. The largest absolute Gasteiger partial charge is 0.381 e.